The molecule has 1 fully saturated rings. The lowest BCUT2D eigenvalue weighted by molar-refractivity contribution is -0.118. The first-order chi connectivity index (χ1) is 8.24. The van der Waals surface area contributed by atoms with Gasteiger partial charge in [0.25, 0.3) is 5.91 Å². The van der Waals surface area contributed by atoms with E-state index in [0.717, 1.165) is 24.0 Å². The largest absolute Gasteiger partial charge is 0.394 e. The Kier molecular flexibility index (Phi) is 2.30. The fourth-order valence-corrected chi connectivity index (χ4v) is 2.37. The number of aliphatic hydroxyl groups is 1. The number of nitrogens with one attached hydrogen (secondary N) is 1. The second-order valence-corrected chi connectivity index (χ2v) is 4.66. The molecule has 17 heavy (non-hydrogen) atoms. The van der Waals surface area contributed by atoms with E-state index in [2.05, 4.69) is 11.4 Å². The second kappa shape index (κ2) is 3.70. The zero-order chi connectivity index (χ0) is 12.0. The summed E-state index contributed by atoms with van der Waals surface area (Å²) in [5.74, 6) is -0.0779. The number of hydrogen-bond donors (Lipinski definition) is 2. The zero-order valence-electron chi connectivity index (χ0n) is 9.79. The number of rotatable bonds is 4. The van der Waals surface area contributed by atoms with E-state index in [9.17, 15) is 4.79 Å². The van der Waals surface area contributed by atoms with Gasteiger partial charge in [-0.15, -0.1) is 0 Å². The van der Waals surface area contributed by atoms with E-state index >= 15 is 0 Å². The third kappa shape index (κ3) is 1.58. The summed E-state index contributed by atoms with van der Waals surface area (Å²) in [5, 5.41) is 11.9. The monoisotopic (exact) mass is 229 g/mol. The molecular weight excluding hydrogens is 214 g/mol. The predicted octanol–water partition coefficient (Wildman–Crippen LogP) is 1.38. The van der Waals surface area contributed by atoms with Gasteiger partial charge in [-0.05, 0) is 47.3 Å². The van der Waals surface area contributed by atoms with E-state index in [1.807, 2.05) is 19.1 Å². The standard InChI is InChI=1S/C14H15NO2/c1-2-9(7-16)15-14(17)11-4-3-10-12-5-8(12)6-13(10)11/h3-4,6,9,16H,2,5,7H2,1H3,(H,15,17)/t9-/m0/s1. The number of amides is 1. The van der Waals surface area contributed by atoms with Gasteiger partial charge >= 0.3 is 0 Å². The van der Waals surface area contributed by atoms with E-state index in [-0.39, 0.29) is 18.6 Å². The molecule has 0 heterocycles. The minimum atomic E-state index is -0.149. The Morgan fingerprint density at radius 1 is 1.47 bits per heavy atom. The van der Waals surface area contributed by atoms with Crippen molar-refractivity contribution in [3.8, 4) is 0 Å². The van der Waals surface area contributed by atoms with Crippen LogP contribution in [0.15, 0.2) is 46.1 Å². The third-order valence-electron chi connectivity index (χ3n) is 3.56. The van der Waals surface area contributed by atoms with Gasteiger partial charge in [0.05, 0.1) is 12.6 Å². The Morgan fingerprint density at radius 2 is 2.29 bits per heavy atom. The topological polar surface area (TPSA) is 49.3 Å². The number of fused-ring (bicyclic) bond motifs is 2. The molecule has 0 aromatic rings. The van der Waals surface area contributed by atoms with E-state index in [0.29, 0.717) is 0 Å². The molecule has 3 aliphatic carbocycles. The summed E-state index contributed by atoms with van der Waals surface area (Å²) in [6.07, 6.45) is 7.84. The quantitative estimate of drug-likeness (QED) is 0.765. The maximum Gasteiger partial charge on any atom is 0.252 e. The number of carbonyl (C=O) groups is 1. The van der Waals surface area contributed by atoms with Gasteiger partial charge in [0.15, 0.2) is 0 Å². The number of allylic oxidation sites excluding steroid dienone is 6. The molecule has 88 valence electrons. The lowest BCUT2D eigenvalue weighted by atomic mass is 10.1. The molecule has 3 aliphatic rings. The first kappa shape index (κ1) is 10.5. The fourth-order valence-electron chi connectivity index (χ4n) is 2.37. The molecule has 1 amide bonds. The molecule has 3 nitrogen and oxygen atoms in total. The maximum atomic E-state index is 12.1. The van der Waals surface area contributed by atoms with Crippen molar-refractivity contribution >= 4 is 5.91 Å². The van der Waals surface area contributed by atoms with Gasteiger partial charge in [-0.3, -0.25) is 4.79 Å². The Morgan fingerprint density at radius 3 is 3.00 bits per heavy atom. The minimum Gasteiger partial charge on any atom is -0.394 e. The van der Waals surface area contributed by atoms with Crippen LogP contribution in [0.4, 0.5) is 0 Å². The summed E-state index contributed by atoms with van der Waals surface area (Å²) >= 11 is 0. The molecule has 2 N–H and O–H groups in total. The minimum absolute atomic E-state index is 0.0103. The van der Waals surface area contributed by atoms with Crippen LogP contribution in [0.5, 0.6) is 0 Å². The lowest BCUT2D eigenvalue weighted by Gasteiger charge is -2.14. The van der Waals surface area contributed by atoms with Crippen molar-refractivity contribution in [2.45, 2.75) is 25.8 Å². The Balaban J connectivity index is 1.81. The van der Waals surface area contributed by atoms with E-state index in [1.165, 1.54) is 16.7 Å². The highest BCUT2D eigenvalue weighted by molar-refractivity contribution is 6.01. The van der Waals surface area contributed by atoms with Crippen molar-refractivity contribution in [2.24, 2.45) is 0 Å². The van der Waals surface area contributed by atoms with Crippen molar-refractivity contribution in [1.29, 1.82) is 0 Å². The molecule has 0 radical (unpaired) electrons. The van der Waals surface area contributed by atoms with Crippen LogP contribution >= 0.6 is 0 Å². The number of hydrogen-bond acceptors (Lipinski definition) is 2. The van der Waals surface area contributed by atoms with Crippen LogP contribution in [-0.4, -0.2) is 23.7 Å². The highest BCUT2D eigenvalue weighted by Gasteiger charge is 2.35. The summed E-state index contributed by atoms with van der Waals surface area (Å²) < 4.78 is 0. The summed E-state index contributed by atoms with van der Waals surface area (Å²) in [4.78, 5) is 12.1. The van der Waals surface area contributed by atoms with Crippen LogP contribution in [-0.2, 0) is 4.79 Å². The number of carbonyl (C=O) groups excluding carboxylic acids is 1. The average Bonchev–Trinajstić information content (AvgIpc) is 2.83. The van der Waals surface area contributed by atoms with Crippen molar-refractivity contribution in [1.82, 2.24) is 5.32 Å². The van der Waals surface area contributed by atoms with Gasteiger partial charge in [-0.2, -0.15) is 0 Å². The molecule has 0 unspecified atom stereocenters. The average molecular weight is 229 g/mol. The SMILES string of the molecule is CC[C@@H](CO)NC(=O)C1=C2C=C3CC3=C2C=C1. The van der Waals surface area contributed by atoms with E-state index in [1.54, 1.807) is 0 Å². The fraction of sp³-hybridized carbons (Fsp3) is 0.357. The zero-order valence-corrected chi connectivity index (χ0v) is 9.79. The van der Waals surface area contributed by atoms with Gasteiger partial charge < -0.3 is 10.4 Å². The third-order valence-corrected chi connectivity index (χ3v) is 3.56. The van der Waals surface area contributed by atoms with Gasteiger partial charge in [-0.25, -0.2) is 0 Å². The molecule has 0 saturated heterocycles. The van der Waals surface area contributed by atoms with Crippen molar-refractivity contribution in [3.05, 3.63) is 46.1 Å². The Bertz CT molecular complexity index is 516. The number of aliphatic hydroxyl groups excluding tert-OH is 1. The highest BCUT2D eigenvalue weighted by atomic mass is 16.3. The van der Waals surface area contributed by atoms with Gasteiger partial charge in [0, 0.05) is 5.57 Å². The smallest absolute Gasteiger partial charge is 0.252 e. The second-order valence-electron chi connectivity index (χ2n) is 4.66. The lowest BCUT2D eigenvalue weighted by Crippen LogP contribution is -2.37. The summed E-state index contributed by atoms with van der Waals surface area (Å²) in [5.41, 5.74) is 5.79. The molecule has 0 aromatic carbocycles. The van der Waals surface area contributed by atoms with Crippen molar-refractivity contribution in [3.63, 3.8) is 0 Å². The normalized spacial score (nSPS) is 21.4. The van der Waals surface area contributed by atoms with Crippen LogP contribution in [0, 0.1) is 0 Å². The molecular formula is C14H15NO2. The summed E-state index contributed by atoms with van der Waals surface area (Å²) in [7, 11) is 0. The molecule has 0 aliphatic heterocycles. The van der Waals surface area contributed by atoms with Crippen molar-refractivity contribution < 1.29 is 9.90 Å². The molecule has 3 rings (SSSR count). The molecule has 3 heteroatoms. The Labute approximate surface area is 100 Å². The van der Waals surface area contributed by atoms with E-state index in [4.69, 9.17) is 5.11 Å². The van der Waals surface area contributed by atoms with Gasteiger partial charge in [0.1, 0.15) is 0 Å². The van der Waals surface area contributed by atoms with Gasteiger partial charge in [-0.1, -0.05) is 13.0 Å². The van der Waals surface area contributed by atoms with Crippen LogP contribution in [0.25, 0.3) is 0 Å². The van der Waals surface area contributed by atoms with Crippen LogP contribution in [0.1, 0.15) is 19.8 Å². The van der Waals surface area contributed by atoms with Crippen LogP contribution in [0.3, 0.4) is 0 Å². The molecule has 1 saturated carbocycles. The molecule has 0 spiro atoms. The summed E-state index contributed by atoms with van der Waals surface area (Å²) in [6.45, 7) is 1.94. The van der Waals surface area contributed by atoms with Crippen molar-refractivity contribution in [2.75, 3.05) is 6.61 Å². The molecule has 0 bridgehead atoms. The first-order valence-corrected chi connectivity index (χ1v) is 6.03. The van der Waals surface area contributed by atoms with Crippen LogP contribution < -0.4 is 5.32 Å². The first-order valence-electron chi connectivity index (χ1n) is 6.03. The van der Waals surface area contributed by atoms with E-state index < -0.39 is 0 Å². The molecule has 1 atom stereocenters. The highest BCUT2D eigenvalue weighted by Crippen LogP contribution is 2.51. The molecule has 0 aromatic heterocycles. The maximum absolute atomic E-state index is 12.1. The van der Waals surface area contributed by atoms with Gasteiger partial charge in [0.2, 0.25) is 0 Å². The Hall–Kier alpha value is -1.61. The predicted molar refractivity (Wildman–Crippen MR) is 65.2 cm³/mol. The van der Waals surface area contributed by atoms with Crippen LogP contribution in [0.2, 0.25) is 0 Å². The summed E-state index contributed by atoms with van der Waals surface area (Å²) in [6, 6.07) is -0.149.